The number of rotatable bonds is 1. The Morgan fingerprint density at radius 1 is 1.06 bits per heavy atom. The van der Waals surface area contributed by atoms with Crippen LogP contribution in [0.4, 0.5) is 0 Å². The van der Waals surface area contributed by atoms with Gasteiger partial charge in [0, 0.05) is 9.50 Å². The van der Waals surface area contributed by atoms with Crippen molar-refractivity contribution < 1.29 is 0 Å². The van der Waals surface area contributed by atoms with Gasteiger partial charge in [-0.2, -0.15) is 0 Å². The third-order valence-corrected chi connectivity index (χ3v) is 3.99. The molecule has 0 radical (unpaired) electrons. The first kappa shape index (κ1) is 12.0. The SMILES string of the molecule is Clc1cccc(C2=CCCc3ccc(Br)cc32)c1. The van der Waals surface area contributed by atoms with E-state index in [-0.39, 0.29) is 0 Å². The van der Waals surface area contributed by atoms with Gasteiger partial charge < -0.3 is 0 Å². The van der Waals surface area contributed by atoms with Crippen molar-refractivity contribution in [2.24, 2.45) is 0 Å². The van der Waals surface area contributed by atoms with Gasteiger partial charge in [-0.25, -0.2) is 0 Å². The van der Waals surface area contributed by atoms with Crippen LogP contribution in [0.25, 0.3) is 5.57 Å². The maximum absolute atomic E-state index is 6.09. The van der Waals surface area contributed by atoms with Crippen LogP contribution >= 0.6 is 27.5 Å². The highest BCUT2D eigenvalue weighted by Crippen LogP contribution is 2.34. The zero-order valence-corrected chi connectivity index (χ0v) is 12.1. The van der Waals surface area contributed by atoms with E-state index in [4.69, 9.17) is 11.6 Å². The number of hydrogen-bond donors (Lipinski definition) is 0. The van der Waals surface area contributed by atoms with Gasteiger partial charge in [0.25, 0.3) is 0 Å². The minimum absolute atomic E-state index is 0.788. The predicted octanol–water partition coefficient (Wildman–Crippen LogP) is 5.48. The number of benzene rings is 2. The molecule has 1 aliphatic rings. The number of fused-ring (bicyclic) bond motifs is 1. The molecule has 2 aromatic rings. The first-order valence-corrected chi connectivity index (χ1v) is 7.16. The molecule has 3 rings (SSSR count). The molecule has 18 heavy (non-hydrogen) atoms. The second kappa shape index (κ2) is 4.91. The van der Waals surface area contributed by atoms with Crippen LogP contribution in [0.5, 0.6) is 0 Å². The average Bonchev–Trinajstić information content (AvgIpc) is 2.38. The fourth-order valence-corrected chi connectivity index (χ4v) is 2.98. The Morgan fingerprint density at radius 3 is 2.78 bits per heavy atom. The number of hydrogen-bond acceptors (Lipinski definition) is 0. The molecule has 0 spiro atoms. The smallest absolute Gasteiger partial charge is 0.0412 e. The molecule has 2 heteroatoms. The summed E-state index contributed by atoms with van der Waals surface area (Å²) in [6.07, 6.45) is 4.52. The molecule has 0 fully saturated rings. The van der Waals surface area contributed by atoms with E-state index >= 15 is 0 Å². The van der Waals surface area contributed by atoms with Gasteiger partial charge in [0.1, 0.15) is 0 Å². The highest BCUT2D eigenvalue weighted by molar-refractivity contribution is 9.10. The van der Waals surface area contributed by atoms with Crippen molar-refractivity contribution in [3.8, 4) is 0 Å². The molecule has 90 valence electrons. The number of aryl methyl sites for hydroxylation is 1. The Kier molecular flexibility index (Phi) is 3.27. The molecule has 2 aromatic carbocycles. The second-order valence-electron chi connectivity index (χ2n) is 4.47. The summed E-state index contributed by atoms with van der Waals surface area (Å²) in [5.41, 5.74) is 5.22. The Morgan fingerprint density at radius 2 is 1.94 bits per heavy atom. The van der Waals surface area contributed by atoms with Crippen molar-refractivity contribution in [2.45, 2.75) is 12.8 Å². The van der Waals surface area contributed by atoms with Gasteiger partial charge in [-0.1, -0.05) is 51.8 Å². The quantitative estimate of drug-likeness (QED) is 0.653. The first-order chi connectivity index (χ1) is 8.74. The van der Waals surface area contributed by atoms with E-state index in [1.165, 1.54) is 22.3 Å². The molecule has 0 saturated heterocycles. The predicted molar refractivity (Wildman–Crippen MR) is 81.0 cm³/mol. The topological polar surface area (TPSA) is 0 Å². The molecule has 0 atom stereocenters. The van der Waals surface area contributed by atoms with E-state index in [0.717, 1.165) is 22.3 Å². The average molecular weight is 320 g/mol. The van der Waals surface area contributed by atoms with E-state index in [1.54, 1.807) is 0 Å². The van der Waals surface area contributed by atoms with Crippen LogP contribution in [0, 0.1) is 0 Å². The molecule has 0 nitrogen and oxygen atoms in total. The van der Waals surface area contributed by atoms with E-state index < -0.39 is 0 Å². The van der Waals surface area contributed by atoms with E-state index in [9.17, 15) is 0 Å². The highest BCUT2D eigenvalue weighted by Gasteiger charge is 2.14. The van der Waals surface area contributed by atoms with E-state index in [2.05, 4.69) is 46.3 Å². The van der Waals surface area contributed by atoms with Crippen molar-refractivity contribution >= 4 is 33.1 Å². The van der Waals surface area contributed by atoms with Crippen LogP contribution in [0.2, 0.25) is 5.02 Å². The van der Waals surface area contributed by atoms with Gasteiger partial charge in [0.15, 0.2) is 0 Å². The number of halogens is 2. The lowest BCUT2D eigenvalue weighted by atomic mass is 9.87. The Labute approximate surface area is 120 Å². The summed E-state index contributed by atoms with van der Waals surface area (Å²) in [6.45, 7) is 0. The van der Waals surface area contributed by atoms with Crippen molar-refractivity contribution in [3.05, 3.63) is 74.7 Å². The van der Waals surface area contributed by atoms with Crippen molar-refractivity contribution in [3.63, 3.8) is 0 Å². The van der Waals surface area contributed by atoms with Crippen molar-refractivity contribution in [2.75, 3.05) is 0 Å². The summed E-state index contributed by atoms with van der Waals surface area (Å²) in [5.74, 6) is 0. The van der Waals surface area contributed by atoms with Gasteiger partial charge in [-0.3, -0.25) is 0 Å². The largest absolute Gasteiger partial charge is 0.0843 e. The molecule has 0 unspecified atom stereocenters. The lowest BCUT2D eigenvalue weighted by Gasteiger charge is -2.18. The Balaban J connectivity index is 2.14. The monoisotopic (exact) mass is 318 g/mol. The molecule has 0 amide bonds. The molecule has 0 bridgehead atoms. The molecule has 0 aliphatic heterocycles. The Bertz CT molecular complexity index is 629. The molecule has 0 heterocycles. The van der Waals surface area contributed by atoms with Gasteiger partial charge in [-0.15, -0.1) is 0 Å². The third kappa shape index (κ3) is 2.25. The summed E-state index contributed by atoms with van der Waals surface area (Å²) >= 11 is 9.64. The summed E-state index contributed by atoms with van der Waals surface area (Å²) in [6, 6.07) is 14.6. The first-order valence-electron chi connectivity index (χ1n) is 5.99. The van der Waals surface area contributed by atoms with Gasteiger partial charge in [0.05, 0.1) is 0 Å². The molecule has 0 aromatic heterocycles. The lowest BCUT2D eigenvalue weighted by Crippen LogP contribution is -2.00. The maximum atomic E-state index is 6.09. The van der Waals surface area contributed by atoms with Crippen LogP contribution in [-0.2, 0) is 6.42 Å². The molecular weight excluding hydrogens is 308 g/mol. The van der Waals surface area contributed by atoms with Crippen LogP contribution in [0.1, 0.15) is 23.1 Å². The van der Waals surface area contributed by atoms with Crippen LogP contribution in [-0.4, -0.2) is 0 Å². The van der Waals surface area contributed by atoms with Gasteiger partial charge >= 0.3 is 0 Å². The number of allylic oxidation sites excluding steroid dienone is 1. The minimum Gasteiger partial charge on any atom is -0.0843 e. The van der Waals surface area contributed by atoms with Crippen LogP contribution < -0.4 is 0 Å². The zero-order valence-electron chi connectivity index (χ0n) is 9.79. The molecule has 0 saturated carbocycles. The van der Waals surface area contributed by atoms with Crippen LogP contribution in [0.15, 0.2) is 53.0 Å². The fraction of sp³-hybridized carbons (Fsp3) is 0.125. The van der Waals surface area contributed by atoms with Gasteiger partial charge in [0.2, 0.25) is 0 Å². The summed E-state index contributed by atoms with van der Waals surface area (Å²) in [7, 11) is 0. The van der Waals surface area contributed by atoms with E-state index in [0.29, 0.717) is 0 Å². The zero-order chi connectivity index (χ0) is 12.5. The van der Waals surface area contributed by atoms with Gasteiger partial charge in [-0.05, 0) is 59.4 Å². The summed E-state index contributed by atoms with van der Waals surface area (Å²) < 4.78 is 1.12. The van der Waals surface area contributed by atoms with Crippen molar-refractivity contribution in [1.82, 2.24) is 0 Å². The second-order valence-corrected chi connectivity index (χ2v) is 5.82. The Hall–Kier alpha value is -1.05. The summed E-state index contributed by atoms with van der Waals surface area (Å²) in [5, 5.41) is 0.788. The van der Waals surface area contributed by atoms with E-state index in [1.807, 2.05) is 18.2 Å². The standard InChI is InChI=1S/C16H12BrCl/c17-13-8-7-11-3-2-6-15(16(11)10-13)12-4-1-5-14(18)9-12/h1,4-10H,2-3H2. The summed E-state index contributed by atoms with van der Waals surface area (Å²) in [4.78, 5) is 0. The highest BCUT2D eigenvalue weighted by atomic mass is 79.9. The third-order valence-electron chi connectivity index (χ3n) is 3.26. The lowest BCUT2D eigenvalue weighted by molar-refractivity contribution is 0.977. The molecule has 1 aliphatic carbocycles. The van der Waals surface area contributed by atoms with Crippen LogP contribution in [0.3, 0.4) is 0 Å². The fourth-order valence-electron chi connectivity index (χ4n) is 2.43. The van der Waals surface area contributed by atoms with Crippen molar-refractivity contribution in [1.29, 1.82) is 0 Å². The minimum atomic E-state index is 0.788. The maximum Gasteiger partial charge on any atom is 0.0412 e. The molecule has 0 N–H and O–H groups in total. The molecular formula is C16H12BrCl. The normalized spacial score (nSPS) is 14.0.